The van der Waals surface area contributed by atoms with E-state index in [2.05, 4.69) is 4.98 Å². The normalized spacial score (nSPS) is 12.0. The SMILES string of the molecule is OCc1cc(C(F)(F)F)cc2cccnc12. The van der Waals surface area contributed by atoms with Crippen molar-refractivity contribution < 1.29 is 18.3 Å². The third-order valence-electron chi connectivity index (χ3n) is 2.28. The summed E-state index contributed by atoms with van der Waals surface area (Å²) >= 11 is 0. The summed E-state index contributed by atoms with van der Waals surface area (Å²) < 4.78 is 37.6. The van der Waals surface area contributed by atoms with E-state index in [-0.39, 0.29) is 5.56 Å². The van der Waals surface area contributed by atoms with Crippen LogP contribution in [0.2, 0.25) is 0 Å². The summed E-state index contributed by atoms with van der Waals surface area (Å²) in [6, 6.07) is 5.05. The molecular weight excluding hydrogens is 219 g/mol. The largest absolute Gasteiger partial charge is 0.416 e. The van der Waals surface area contributed by atoms with E-state index in [1.165, 1.54) is 12.3 Å². The van der Waals surface area contributed by atoms with Crippen molar-refractivity contribution in [2.75, 3.05) is 0 Å². The van der Waals surface area contributed by atoms with Crippen LogP contribution in [0.5, 0.6) is 0 Å². The topological polar surface area (TPSA) is 33.1 Å². The Kier molecular flexibility index (Phi) is 2.55. The molecule has 0 saturated heterocycles. The Labute approximate surface area is 89.4 Å². The Morgan fingerprint density at radius 2 is 2.00 bits per heavy atom. The van der Waals surface area contributed by atoms with Crippen molar-refractivity contribution in [3.05, 3.63) is 41.6 Å². The second-order valence-electron chi connectivity index (χ2n) is 3.37. The lowest BCUT2D eigenvalue weighted by molar-refractivity contribution is -0.137. The van der Waals surface area contributed by atoms with Gasteiger partial charge in [0.2, 0.25) is 0 Å². The van der Waals surface area contributed by atoms with Crippen LogP contribution in [0.4, 0.5) is 13.2 Å². The number of halogens is 3. The molecule has 0 amide bonds. The maximum atomic E-state index is 12.5. The molecule has 1 aromatic heterocycles. The average Bonchev–Trinajstić information content (AvgIpc) is 2.26. The molecule has 0 aliphatic carbocycles. The first kappa shape index (κ1) is 10.9. The van der Waals surface area contributed by atoms with Gasteiger partial charge in [0, 0.05) is 17.1 Å². The van der Waals surface area contributed by atoms with E-state index in [0.717, 1.165) is 12.1 Å². The number of fused-ring (bicyclic) bond motifs is 1. The zero-order valence-electron chi connectivity index (χ0n) is 8.12. The minimum absolute atomic E-state index is 0.186. The quantitative estimate of drug-likeness (QED) is 0.812. The Bertz CT molecular complexity index is 522. The highest BCUT2D eigenvalue weighted by Crippen LogP contribution is 2.32. The van der Waals surface area contributed by atoms with Gasteiger partial charge in [0.15, 0.2) is 0 Å². The number of rotatable bonds is 1. The van der Waals surface area contributed by atoms with E-state index in [9.17, 15) is 13.2 Å². The lowest BCUT2D eigenvalue weighted by Gasteiger charge is -2.10. The molecule has 0 saturated carbocycles. The van der Waals surface area contributed by atoms with Gasteiger partial charge >= 0.3 is 6.18 Å². The number of alkyl halides is 3. The second kappa shape index (κ2) is 3.75. The molecule has 0 radical (unpaired) electrons. The van der Waals surface area contributed by atoms with Crippen LogP contribution in [0.25, 0.3) is 10.9 Å². The molecule has 0 aliphatic heterocycles. The van der Waals surface area contributed by atoms with Gasteiger partial charge < -0.3 is 5.11 Å². The van der Waals surface area contributed by atoms with Gasteiger partial charge in [-0.3, -0.25) is 4.98 Å². The van der Waals surface area contributed by atoms with Crippen molar-refractivity contribution in [3.8, 4) is 0 Å². The highest BCUT2D eigenvalue weighted by molar-refractivity contribution is 5.82. The van der Waals surface area contributed by atoms with Crippen LogP contribution in [-0.2, 0) is 12.8 Å². The predicted octanol–water partition coefficient (Wildman–Crippen LogP) is 2.75. The number of hydrogen-bond acceptors (Lipinski definition) is 2. The highest BCUT2D eigenvalue weighted by atomic mass is 19.4. The third-order valence-corrected chi connectivity index (χ3v) is 2.28. The molecule has 5 heteroatoms. The van der Waals surface area contributed by atoms with Crippen LogP contribution in [0.1, 0.15) is 11.1 Å². The maximum absolute atomic E-state index is 12.5. The van der Waals surface area contributed by atoms with E-state index >= 15 is 0 Å². The van der Waals surface area contributed by atoms with Gasteiger partial charge in [0.05, 0.1) is 17.7 Å². The van der Waals surface area contributed by atoms with E-state index in [4.69, 9.17) is 5.11 Å². The molecule has 0 fully saturated rings. The zero-order chi connectivity index (χ0) is 11.8. The molecule has 1 heterocycles. The van der Waals surface area contributed by atoms with Crippen LogP contribution < -0.4 is 0 Å². The molecule has 0 bridgehead atoms. The van der Waals surface area contributed by atoms with Gasteiger partial charge in [-0.2, -0.15) is 13.2 Å². The molecule has 16 heavy (non-hydrogen) atoms. The van der Waals surface area contributed by atoms with Gasteiger partial charge in [-0.15, -0.1) is 0 Å². The van der Waals surface area contributed by atoms with E-state index in [1.807, 2.05) is 0 Å². The predicted molar refractivity (Wildman–Crippen MR) is 52.7 cm³/mol. The van der Waals surface area contributed by atoms with Crippen molar-refractivity contribution in [2.24, 2.45) is 0 Å². The number of aliphatic hydroxyl groups excluding tert-OH is 1. The number of pyridine rings is 1. The molecule has 0 atom stereocenters. The first-order chi connectivity index (χ1) is 7.52. The molecule has 0 aliphatic rings. The number of aromatic nitrogens is 1. The lowest BCUT2D eigenvalue weighted by atomic mass is 10.1. The van der Waals surface area contributed by atoms with Gasteiger partial charge in [-0.1, -0.05) is 6.07 Å². The van der Waals surface area contributed by atoms with Crippen molar-refractivity contribution >= 4 is 10.9 Å². The lowest BCUT2D eigenvalue weighted by Crippen LogP contribution is -2.06. The Hall–Kier alpha value is -1.62. The minimum atomic E-state index is -4.41. The fourth-order valence-electron chi connectivity index (χ4n) is 1.55. The molecule has 1 aromatic carbocycles. The van der Waals surface area contributed by atoms with Crippen molar-refractivity contribution in [1.82, 2.24) is 4.98 Å². The maximum Gasteiger partial charge on any atom is 0.416 e. The number of nitrogens with zero attached hydrogens (tertiary/aromatic N) is 1. The summed E-state index contributed by atoms with van der Waals surface area (Å²) in [6.45, 7) is -0.461. The van der Waals surface area contributed by atoms with Crippen LogP contribution in [0, 0.1) is 0 Å². The van der Waals surface area contributed by atoms with Crippen molar-refractivity contribution in [1.29, 1.82) is 0 Å². The minimum Gasteiger partial charge on any atom is -0.392 e. The van der Waals surface area contributed by atoms with Crippen LogP contribution in [0.3, 0.4) is 0 Å². The van der Waals surface area contributed by atoms with Gasteiger partial charge in [-0.05, 0) is 18.2 Å². The van der Waals surface area contributed by atoms with E-state index < -0.39 is 18.3 Å². The first-order valence-electron chi connectivity index (χ1n) is 4.58. The molecule has 2 rings (SSSR count). The summed E-state index contributed by atoms with van der Waals surface area (Å²) in [5.74, 6) is 0. The summed E-state index contributed by atoms with van der Waals surface area (Å²) in [7, 11) is 0. The van der Waals surface area contributed by atoms with Crippen molar-refractivity contribution in [3.63, 3.8) is 0 Å². The molecule has 1 N–H and O–H groups in total. The monoisotopic (exact) mass is 227 g/mol. The van der Waals surface area contributed by atoms with Crippen molar-refractivity contribution in [2.45, 2.75) is 12.8 Å². The molecular formula is C11H8F3NO. The van der Waals surface area contributed by atoms with Crippen LogP contribution in [0.15, 0.2) is 30.5 Å². The number of hydrogen-bond donors (Lipinski definition) is 1. The smallest absolute Gasteiger partial charge is 0.392 e. The fourth-order valence-corrected chi connectivity index (χ4v) is 1.55. The molecule has 84 valence electrons. The van der Waals surface area contributed by atoms with Gasteiger partial charge in [0.1, 0.15) is 0 Å². The van der Waals surface area contributed by atoms with E-state index in [1.54, 1.807) is 6.07 Å². The van der Waals surface area contributed by atoms with Gasteiger partial charge in [0.25, 0.3) is 0 Å². The van der Waals surface area contributed by atoms with Gasteiger partial charge in [-0.25, -0.2) is 0 Å². The second-order valence-corrected chi connectivity index (χ2v) is 3.37. The fraction of sp³-hybridized carbons (Fsp3) is 0.182. The molecule has 2 nitrogen and oxygen atoms in total. The Morgan fingerprint density at radius 1 is 1.25 bits per heavy atom. The highest BCUT2D eigenvalue weighted by Gasteiger charge is 2.31. The zero-order valence-corrected chi connectivity index (χ0v) is 8.12. The summed E-state index contributed by atoms with van der Waals surface area (Å²) in [5.41, 5.74) is -0.180. The van der Waals surface area contributed by atoms with Crippen LogP contribution >= 0.6 is 0 Å². The first-order valence-corrected chi connectivity index (χ1v) is 4.58. The average molecular weight is 227 g/mol. The summed E-state index contributed by atoms with van der Waals surface area (Å²) in [5, 5.41) is 9.39. The Balaban J connectivity index is 2.73. The van der Waals surface area contributed by atoms with E-state index in [0.29, 0.717) is 10.9 Å². The molecule has 0 unspecified atom stereocenters. The standard InChI is InChI=1S/C11H8F3NO/c12-11(13,14)9-4-7-2-1-3-15-10(7)8(5-9)6-16/h1-5,16H,6H2. The third kappa shape index (κ3) is 1.86. The van der Waals surface area contributed by atoms with Crippen LogP contribution in [-0.4, -0.2) is 10.1 Å². The number of aliphatic hydroxyl groups is 1. The molecule has 2 aromatic rings. The summed E-state index contributed by atoms with van der Waals surface area (Å²) in [6.07, 6.45) is -2.93. The Morgan fingerprint density at radius 3 is 2.62 bits per heavy atom. The number of benzene rings is 1. The summed E-state index contributed by atoms with van der Waals surface area (Å²) in [4.78, 5) is 3.95. The molecule has 0 spiro atoms.